The second-order valence-electron chi connectivity index (χ2n) is 6.68. The van der Waals surface area contributed by atoms with Crippen LogP contribution in [0.4, 0.5) is 5.69 Å². The minimum atomic E-state index is -0.0350. The van der Waals surface area contributed by atoms with Crippen LogP contribution in [0.3, 0.4) is 0 Å². The van der Waals surface area contributed by atoms with E-state index in [1.165, 1.54) is 12.1 Å². The van der Waals surface area contributed by atoms with E-state index in [9.17, 15) is 0 Å². The number of halogens is 1. The summed E-state index contributed by atoms with van der Waals surface area (Å²) in [5, 5.41) is 3.20. The van der Waals surface area contributed by atoms with Gasteiger partial charge in [-0.15, -0.1) is 0 Å². The van der Waals surface area contributed by atoms with Gasteiger partial charge in [-0.2, -0.15) is 0 Å². The van der Waals surface area contributed by atoms with Gasteiger partial charge in [-0.1, -0.05) is 15.9 Å². The van der Waals surface area contributed by atoms with Gasteiger partial charge in [0.05, 0.1) is 0 Å². The van der Waals surface area contributed by atoms with Crippen LogP contribution in [-0.4, -0.2) is 31.1 Å². The lowest BCUT2D eigenvalue weighted by Gasteiger charge is -2.21. The lowest BCUT2D eigenvalue weighted by atomic mass is 10.1. The van der Waals surface area contributed by atoms with Crippen molar-refractivity contribution in [1.29, 1.82) is 0 Å². The van der Waals surface area contributed by atoms with Crippen molar-refractivity contribution in [1.82, 2.24) is 5.32 Å². The van der Waals surface area contributed by atoms with Crippen molar-refractivity contribution < 1.29 is 0 Å². The number of guanidine groups is 1. The highest BCUT2D eigenvalue weighted by molar-refractivity contribution is 9.10. The van der Waals surface area contributed by atoms with Crippen molar-refractivity contribution in [2.24, 2.45) is 16.6 Å². The summed E-state index contributed by atoms with van der Waals surface area (Å²) >= 11 is 3.47. The third-order valence-corrected chi connectivity index (χ3v) is 4.03. The normalized spacial score (nSPS) is 19.9. The Hall–Kier alpha value is -1.23. The molecule has 1 aromatic rings. The molecule has 1 heterocycles. The summed E-state index contributed by atoms with van der Waals surface area (Å²) in [5.74, 6) is 1.12. The van der Waals surface area contributed by atoms with Gasteiger partial charge in [0, 0.05) is 35.3 Å². The predicted octanol–water partition coefficient (Wildman–Crippen LogP) is 2.98. The highest BCUT2D eigenvalue weighted by atomic mass is 79.9. The molecule has 116 valence electrons. The molecule has 1 unspecified atom stereocenters. The molecule has 1 fully saturated rings. The third kappa shape index (κ3) is 5.23. The van der Waals surface area contributed by atoms with Crippen molar-refractivity contribution >= 4 is 27.6 Å². The minimum absolute atomic E-state index is 0.0350. The molecule has 0 amide bonds. The number of nitrogens with zero attached hydrogens (tertiary/aromatic N) is 2. The van der Waals surface area contributed by atoms with E-state index in [1.54, 1.807) is 0 Å². The van der Waals surface area contributed by atoms with Crippen molar-refractivity contribution in [2.75, 3.05) is 24.5 Å². The Kier molecular flexibility index (Phi) is 5.14. The SMILES string of the molecule is CC(C)(C)NC(N)=NCC1CCN(c2ccc(Br)cc2)C1. The number of anilines is 1. The zero-order valence-electron chi connectivity index (χ0n) is 13.1. The standard InChI is InChI=1S/C16H25BrN4/c1-16(2,3)20-15(18)19-10-12-8-9-21(11-12)14-6-4-13(17)5-7-14/h4-7,12H,8-11H2,1-3H3,(H3,18,19,20). The Bertz CT molecular complexity index is 490. The second kappa shape index (κ2) is 6.69. The number of rotatable bonds is 3. The highest BCUT2D eigenvalue weighted by Crippen LogP contribution is 2.25. The Morgan fingerprint density at radius 2 is 2.05 bits per heavy atom. The first-order chi connectivity index (χ1) is 9.83. The van der Waals surface area contributed by atoms with E-state index in [-0.39, 0.29) is 5.54 Å². The molecule has 0 bridgehead atoms. The van der Waals surface area contributed by atoms with E-state index in [0.717, 1.165) is 24.1 Å². The molecule has 0 aromatic heterocycles. The van der Waals surface area contributed by atoms with Crippen molar-refractivity contribution in [3.63, 3.8) is 0 Å². The van der Waals surface area contributed by atoms with Crippen molar-refractivity contribution in [2.45, 2.75) is 32.7 Å². The molecule has 1 saturated heterocycles. The van der Waals surface area contributed by atoms with E-state index in [4.69, 9.17) is 5.73 Å². The van der Waals surface area contributed by atoms with E-state index in [0.29, 0.717) is 11.9 Å². The molecule has 0 radical (unpaired) electrons. The quantitative estimate of drug-likeness (QED) is 0.649. The van der Waals surface area contributed by atoms with Gasteiger partial charge in [0.25, 0.3) is 0 Å². The fraction of sp³-hybridized carbons (Fsp3) is 0.562. The summed E-state index contributed by atoms with van der Waals surface area (Å²) in [6, 6.07) is 8.49. The number of hydrogen-bond donors (Lipinski definition) is 2. The predicted molar refractivity (Wildman–Crippen MR) is 93.8 cm³/mol. The van der Waals surface area contributed by atoms with Gasteiger partial charge in [-0.05, 0) is 57.4 Å². The molecular weight excluding hydrogens is 328 g/mol. The molecule has 0 spiro atoms. The fourth-order valence-electron chi connectivity index (χ4n) is 2.52. The molecule has 1 aliphatic rings. The molecule has 5 heteroatoms. The van der Waals surface area contributed by atoms with Gasteiger partial charge in [-0.25, -0.2) is 0 Å². The smallest absolute Gasteiger partial charge is 0.188 e. The zero-order chi connectivity index (χ0) is 15.5. The average Bonchev–Trinajstić information content (AvgIpc) is 2.84. The first-order valence-corrected chi connectivity index (χ1v) is 8.21. The molecule has 3 N–H and O–H groups in total. The first kappa shape index (κ1) is 16.1. The van der Waals surface area contributed by atoms with Gasteiger partial charge >= 0.3 is 0 Å². The van der Waals surface area contributed by atoms with Crippen molar-refractivity contribution in [3.05, 3.63) is 28.7 Å². The van der Waals surface area contributed by atoms with Crippen LogP contribution in [-0.2, 0) is 0 Å². The zero-order valence-corrected chi connectivity index (χ0v) is 14.7. The largest absolute Gasteiger partial charge is 0.371 e. The lowest BCUT2D eigenvalue weighted by Crippen LogP contribution is -2.45. The highest BCUT2D eigenvalue weighted by Gasteiger charge is 2.22. The fourth-order valence-corrected chi connectivity index (χ4v) is 2.78. The van der Waals surface area contributed by atoms with E-state index < -0.39 is 0 Å². The third-order valence-electron chi connectivity index (χ3n) is 3.50. The van der Waals surface area contributed by atoms with Crippen LogP contribution in [0.2, 0.25) is 0 Å². The molecular formula is C16H25BrN4. The van der Waals surface area contributed by atoms with Crippen LogP contribution < -0.4 is 16.0 Å². The molecule has 1 aromatic carbocycles. The van der Waals surface area contributed by atoms with E-state index in [2.05, 4.69) is 76.2 Å². The summed E-state index contributed by atoms with van der Waals surface area (Å²) in [6.45, 7) is 9.19. The molecule has 0 aliphatic carbocycles. The number of nitrogens with one attached hydrogen (secondary N) is 1. The van der Waals surface area contributed by atoms with Crippen LogP contribution in [0, 0.1) is 5.92 Å². The van der Waals surface area contributed by atoms with Crippen molar-refractivity contribution in [3.8, 4) is 0 Å². The Labute approximate surface area is 135 Å². The molecule has 2 rings (SSSR count). The van der Waals surface area contributed by atoms with Gasteiger partial charge in [0.2, 0.25) is 0 Å². The summed E-state index contributed by atoms with van der Waals surface area (Å²) in [6.07, 6.45) is 1.17. The van der Waals surface area contributed by atoms with E-state index >= 15 is 0 Å². The topological polar surface area (TPSA) is 53.6 Å². The summed E-state index contributed by atoms with van der Waals surface area (Å²) < 4.78 is 1.12. The summed E-state index contributed by atoms with van der Waals surface area (Å²) in [4.78, 5) is 6.90. The molecule has 1 aliphatic heterocycles. The van der Waals surface area contributed by atoms with Crippen LogP contribution in [0.15, 0.2) is 33.7 Å². The average molecular weight is 353 g/mol. The molecule has 21 heavy (non-hydrogen) atoms. The first-order valence-electron chi connectivity index (χ1n) is 7.42. The number of benzene rings is 1. The van der Waals surface area contributed by atoms with Crippen LogP contribution in [0.1, 0.15) is 27.2 Å². The monoisotopic (exact) mass is 352 g/mol. The Morgan fingerprint density at radius 1 is 1.38 bits per heavy atom. The maximum atomic E-state index is 5.92. The van der Waals surface area contributed by atoms with Gasteiger partial charge < -0.3 is 16.0 Å². The molecule has 1 atom stereocenters. The van der Waals surface area contributed by atoms with Crippen LogP contribution >= 0.6 is 15.9 Å². The second-order valence-corrected chi connectivity index (χ2v) is 7.59. The lowest BCUT2D eigenvalue weighted by molar-refractivity contribution is 0.505. The number of aliphatic imine (C=N–C) groups is 1. The Morgan fingerprint density at radius 3 is 2.67 bits per heavy atom. The molecule has 0 saturated carbocycles. The summed E-state index contributed by atoms with van der Waals surface area (Å²) in [5.41, 5.74) is 7.17. The number of nitrogens with two attached hydrogens (primary N) is 1. The van der Waals surface area contributed by atoms with Gasteiger partial charge in [0.15, 0.2) is 5.96 Å². The maximum Gasteiger partial charge on any atom is 0.188 e. The minimum Gasteiger partial charge on any atom is -0.371 e. The number of hydrogen-bond acceptors (Lipinski definition) is 2. The van der Waals surface area contributed by atoms with Gasteiger partial charge in [-0.3, -0.25) is 4.99 Å². The van der Waals surface area contributed by atoms with Crippen LogP contribution in [0.5, 0.6) is 0 Å². The maximum absolute atomic E-state index is 5.92. The van der Waals surface area contributed by atoms with E-state index in [1.807, 2.05) is 0 Å². The van der Waals surface area contributed by atoms with Crippen LogP contribution in [0.25, 0.3) is 0 Å². The van der Waals surface area contributed by atoms with Gasteiger partial charge in [0.1, 0.15) is 0 Å². The Balaban J connectivity index is 1.85. The molecule has 4 nitrogen and oxygen atoms in total. The summed E-state index contributed by atoms with van der Waals surface area (Å²) in [7, 11) is 0.